The molecule has 2 atom stereocenters. The largest absolute Gasteiger partial charge is 0.481 e. The molecule has 0 radical (unpaired) electrons. The lowest BCUT2D eigenvalue weighted by Gasteiger charge is -2.31. The number of rotatable bonds is 6. The van der Waals surface area contributed by atoms with Crippen molar-refractivity contribution in [1.29, 1.82) is 0 Å². The predicted molar refractivity (Wildman–Crippen MR) is 76.5 cm³/mol. The highest BCUT2D eigenvalue weighted by Crippen LogP contribution is 2.40. The molecule has 2 rings (SSSR count). The van der Waals surface area contributed by atoms with E-state index < -0.39 is 11.9 Å². The monoisotopic (exact) mass is 296 g/mol. The van der Waals surface area contributed by atoms with Crippen molar-refractivity contribution in [1.82, 2.24) is 10.2 Å². The highest BCUT2D eigenvalue weighted by Gasteiger charge is 2.50. The van der Waals surface area contributed by atoms with Crippen LogP contribution in [0.2, 0.25) is 0 Å². The van der Waals surface area contributed by atoms with E-state index in [1.807, 2.05) is 0 Å². The Hall–Kier alpha value is -1.59. The summed E-state index contributed by atoms with van der Waals surface area (Å²) in [5.74, 6) is -1.68. The summed E-state index contributed by atoms with van der Waals surface area (Å²) in [6, 6.07) is 0. The van der Waals surface area contributed by atoms with E-state index in [0.717, 1.165) is 19.4 Å². The molecule has 21 heavy (non-hydrogen) atoms. The van der Waals surface area contributed by atoms with Gasteiger partial charge in [0.15, 0.2) is 0 Å². The highest BCUT2D eigenvalue weighted by atomic mass is 16.4. The number of carboxylic acid groups (broad SMARTS) is 1. The summed E-state index contributed by atoms with van der Waals surface area (Å²) >= 11 is 0. The van der Waals surface area contributed by atoms with Crippen LogP contribution >= 0.6 is 0 Å². The molecule has 2 fully saturated rings. The Kier molecular flexibility index (Phi) is 5.20. The fourth-order valence-electron chi connectivity index (χ4n) is 2.87. The van der Waals surface area contributed by atoms with Gasteiger partial charge in [-0.1, -0.05) is 13.3 Å². The fourth-order valence-corrected chi connectivity index (χ4v) is 2.87. The van der Waals surface area contributed by atoms with E-state index in [2.05, 4.69) is 12.2 Å². The maximum absolute atomic E-state index is 12.1. The molecule has 6 nitrogen and oxygen atoms in total. The van der Waals surface area contributed by atoms with Gasteiger partial charge in [0.1, 0.15) is 0 Å². The molecule has 1 aliphatic heterocycles. The van der Waals surface area contributed by atoms with Crippen molar-refractivity contribution in [2.45, 2.75) is 39.0 Å². The normalized spacial score (nSPS) is 25.5. The van der Waals surface area contributed by atoms with Crippen LogP contribution in [0.4, 0.5) is 0 Å². The second-order valence-corrected chi connectivity index (χ2v) is 6.03. The summed E-state index contributed by atoms with van der Waals surface area (Å²) in [4.78, 5) is 36.6. The predicted octanol–water partition coefficient (Wildman–Crippen LogP) is 0.862. The number of carbonyl (C=O) groups is 3. The molecule has 118 valence electrons. The Balaban J connectivity index is 1.72. The number of nitrogens with one attached hydrogen (secondary N) is 1. The van der Waals surface area contributed by atoms with Gasteiger partial charge in [-0.25, -0.2) is 0 Å². The average Bonchev–Trinajstić information content (AvgIpc) is 3.27. The van der Waals surface area contributed by atoms with Gasteiger partial charge >= 0.3 is 5.97 Å². The van der Waals surface area contributed by atoms with E-state index >= 15 is 0 Å². The average molecular weight is 296 g/mol. The zero-order valence-electron chi connectivity index (χ0n) is 12.5. The Labute approximate surface area is 124 Å². The first-order chi connectivity index (χ1) is 10.0. The summed E-state index contributed by atoms with van der Waals surface area (Å²) in [6.45, 7) is 3.93. The number of piperidine rings is 1. The smallest absolute Gasteiger partial charge is 0.307 e. The summed E-state index contributed by atoms with van der Waals surface area (Å²) in [7, 11) is 0. The van der Waals surface area contributed by atoms with Crippen molar-refractivity contribution in [2.75, 3.05) is 19.6 Å². The lowest BCUT2D eigenvalue weighted by molar-refractivity contribution is -0.142. The zero-order valence-corrected chi connectivity index (χ0v) is 12.5. The molecule has 1 saturated carbocycles. The van der Waals surface area contributed by atoms with Crippen molar-refractivity contribution in [2.24, 2.45) is 17.8 Å². The van der Waals surface area contributed by atoms with Crippen molar-refractivity contribution >= 4 is 17.8 Å². The molecule has 6 heteroatoms. The number of hydrogen-bond donors (Lipinski definition) is 2. The number of aliphatic carboxylic acids is 1. The van der Waals surface area contributed by atoms with Crippen LogP contribution in [0.5, 0.6) is 0 Å². The first kappa shape index (κ1) is 15.8. The molecule has 1 aliphatic carbocycles. The zero-order chi connectivity index (χ0) is 15.4. The van der Waals surface area contributed by atoms with Crippen LogP contribution in [0.15, 0.2) is 0 Å². The van der Waals surface area contributed by atoms with E-state index in [-0.39, 0.29) is 23.7 Å². The molecule has 2 amide bonds. The maximum Gasteiger partial charge on any atom is 0.307 e. The van der Waals surface area contributed by atoms with Gasteiger partial charge in [-0.05, 0) is 25.7 Å². The van der Waals surface area contributed by atoms with Gasteiger partial charge in [-0.15, -0.1) is 0 Å². The molecular formula is C15H24N2O4. The molecule has 2 aliphatic rings. The standard InChI is InChI=1S/C15H24N2O4/c1-2-3-6-16-13(18)10-4-7-17(8-5-10)14(19)11-9-12(11)15(20)21/h10-12H,2-9H2,1H3,(H,16,18)(H,20,21)/t11-,12+/m1/s1. The second-order valence-electron chi connectivity index (χ2n) is 6.03. The van der Waals surface area contributed by atoms with Crippen LogP contribution in [0, 0.1) is 17.8 Å². The molecule has 0 aromatic rings. The van der Waals surface area contributed by atoms with Crippen LogP contribution in [-0.4, -0.2) is 47.4 Å². The van der Waals surface area contributed by atoms with Crippen LogP contribution in [0.3, 0.4) is 0 Å². The number of carbonyl (C=O) groups excluding carboxylic acids is 2. The minimum atomic E-state index is -0.876. The second kappa shape index (κ2) is 6.91. The number of likely N-dealkylation sites (tertiary alicyclic amines) is 1. The number of nitrogens with zero attached hydrogens (tertiary/aromatic N) is 1. The number of hydrogen-bond acceptors (Lipinski definition) is 3. The van der Waals surface area contributed by atoms with Crippen LogP contribution in [-0.2, 0) is 14.4 Å². The first-order valence-corrected chi connectivity index (χ1v) is 7.84. The van der Waals surface area contributed by atoms with Gasteiger partial charge in [0.05, 0.1) is 11.8 Å². The van der Waals surface area contributed by atoms with E-state index in [9.17, 15) is 14.4 Å². The summed E-state index contributed by atoms with van der Waals surface area (Å²) < 4.78 is 0. The third-order valence-corrected chi connectivity index (χ3v) is 4.43. The number of amides is 2. The number of unbranched alkanes of at least 4 members (excludes halogenated alkanes) is 1. The van der Waals surface area contributed by atoms with Crippen molar-refractivity contribution in [3.8, 4) is 0 Å². The summed E-state index contributed by atoms with van der Waals surface area (Å²) in [6.07, 6.45) is 3.86. The molecule has 0 spiro atoms. The third-order valence-electron chi connectivity index (χ3n) is 4.43. The van der Waals surface area contributed by atoms with Crippen LogP contribution in [0.25, 0.3) is 0 Å². The molecule has 0 unspecified atom stereocenters. The minimum absolute atomic E-state index is 0.0135. The Morgan fingerprint density at radius 1 is 1.19 bits per heavy atom. The quantitative estimate of drug-likeness (QED) is 0.712. The lowest BCUT2D eigenvalue weighted by Crippen LogP contribution is -2.44. The lowest BCUT2D eigenvalue weighted by atomic mass is 9.95. The van der Waals surface area contributed by atoms with Gasteiger partial charge in [0.25, 0.3) is 0 Å². The molecular weight excluding hydrogens is 272 g/mol. The van der Waals surface area contributed by atoms with Gasteiger partial charge < -0.3 is 15.3 Å². The van der Waals surface area contributed by atoms with Gasteiger partial charge in [0.2, 0.25) is 11.8 Å². The molecule has 0 bridgehead atoms. The Bertz CT molecular complexity index is 416. The third kappa shape index (κ3) is 3.95. The maximum atomic E-state index is 12.1. The Morgan fingerprint density at radius 2 is 1.86 bits per heavy atom. The van der Waals surface area contributed by atoms with Crippen LogP contribution < -0.4 is 5.32 Å². The number of carboxylic acids is 1. The SMILES string of the molecule is CCCCNC(=O)C1CCN(C(=O)[C@@H]2C[C@@H]2C(=O)O)CC1. The highest BCUT2D eigenvalue weighted by molar-refractivity contribution is 5.89. The van der Waals surface area contributed by atoms with Gasteiger partial charge in [-0.3, -0.25) is 14.4 Å². The molecule has 0 aromatic heterocycles. The van der Waals surface area contributed by atoms with E-state index in [4.69, 9.17) is 5.11 Å². The topological polar surface area (TPSA) is 86.7 Å². The van der Waals surface area contributed by atoms with E-state index in [0.29, 0.717) is 32.4 Å². The van der Waals surface area contributed by atoms with Crippen molar-refractivity contribution in [3.05, 3.63) is 0 Å². The molecule has 1 heterocycles. The summed E-state index contributed by atoms with van der Waals surface area (Å²) in [5, 5.41) is 11.8. The Morgan fingerprint density at radius 3 is 2.38 bits per heavy atom. The minimum Gasteiger partial charge on any atom is -0.481 e. The summed E-state index contributed by atoms with van der Waals surface area (Å²) in [5.41, 5.74) is 0. The molecule has 0 aromatic carbocycles. The first-order valence-electron chi connectivity index (χ1n) is 7.84. The van der Waals surface area contributed by atoms with Gasteiger partial charge in [-0.2, -0.15) is 0 Å². The molecule has 1 saturated heterocycles. The molecule has 2 N–H and O–H groups in total. The fraction of sp³-hybridized carbons (Fsp3) is 0.800. The van der Waals surface area contributed by atoms with Crippen LogP contribution in [0.1, 0.15) is 39.0 Å². The van der Waals surface area contributed by atoms with Crippen molar-refractivity contribution in [3.63, 3.8) is 0 Å². The van der Waals surface area contributed by atoms with Crippen molar-refractivity contribution < 1.29 is 19.5 Å². The van der Waals surface area contributed by atoms with Gasteiger partial charge in [0, 0.05) is 25.6 Å². The van der Waals surface area contributed by atoms with E-state index in [1.165, 1.54) is 0 Å². The van der Waals surface area contributed by atoms with E-state index in [1.54, 1.807) is 4.90 Å².